The number of hydrogen-bond donors (Lipinski definition) is 0. The van der Waals surface area contributed by atoms with E-state index in [1.54, 1.807) is 11.1 Å². The van der Waals surface area contributed by atoms with Crippen LogP contribution in [0.15, 0.2) is 48.1 Å². The molecule has 0 heterocycles. The number of hydrogen-bond acceptors (Lipinski definition) is 0. The van der Waals surface area contributed by atoms with Gasteiger partial charge in [-0.25, -0.2) is 0 Å². The predicted octanol–water partition coefficient (Wildman–Crippen LogP) is 15.8. The Morgan fingerprint density at radius 2 is 0.932 bits per heavy atom. The van der Waals surface area contributed by atoms with Crippen LogP contribution in [0.1, 0.15) is 177 Å². The van der Waals surface area contributed by atoms with E-state index in [0.717, 1.165) is 47.3 Å². The zero-order valence-corrected chi connectivity index (χ0v) is 34.6. The van der Waals surface area contributed by atoms with Gasteiger partial charge in [-0.05, 0) is 118 Å². The minimum absolute atomic E-state index is 0.328. The fraction of sp³-hybridized carbons (Fsp3) is 0.818. The molecule has 0 aromatic rings. The second kappa shape index (κ2) is 28.2. The first kappa shape index (κ1) is 49.8. The summed E-state index contributed by atoms with van der Waals surface area (Å²) in [7, 11) is 0. The Morgan fingerprint density at radius 1 is 0.568 bits per heavy atom. The zero-order valence-electron chi connectivity index (χ0n) is 34.6. The molecule has 0 fully saturated rings. The predicted molar refractivity (Wildman–Crippen MR) is 211 cm³/mol. The molecular formula is C44H88. The third-order valence-electron chi connectivity index (χ3n) is 8.13. The van der Waals surface area contributed by atoms with Crippen LogP contribution in [-0.2, 0) is 0 Å². The van der Waals surface area contributed by atoms with Gasteiger partial charge in [0.15, 0.2) is 0 Å². The summed E-state index contributed by atoms with van der Waals surface area (Å²) in [6, 6.07) is 0. The Balaban J connectivity index is -0.000000242. The van der Waals surface area contributed by atoms with Crippen molar-refractivity contribution < 1.29 is 0 Å². The zero-order chi connectivity index (χ0) is 35.8. The molecule has 264 valence electrons. The third-order valence-corrected chi connectivity index (χ3v) is 8.13. The summed E-state index contributed by atoms with van der Waals surface area (Å²) in [5.74, 6) is 6.93. The highest BCUT2D eigenvalue weighted by molar-refractivity contribution is 5.00. The van der Waals surface area contributed by atoms with Crippen molar-refractivity contribution in [2.45, 2.75) is 177 Å². The van der Waals surface area contributed by atoms with E-state index in [-0.39, 0.29) is 0 Å². The van der Waals surface area contributed by atoms with Gasteiger partial charge >= 0.3 is 0 Å². The van der Waals surface area contributed by atoms with Crippen molar-refractivity contribution in [3.8, 4) is 0 Å². The van der Waals surface area contributed by atoms with Gasteiger partial charge in [0.05, 0.1) is 0 Å². The molecule has 0 heteroatoms. The Kier molecular flexibility index (Phi) is 31.9. The molecular weight excluding hydrogens is 528 g/mol. The Hall–Kier alpha value is -1.04. The van der Waals surface area contributed by atoms with Crippen LogP contribution in [0.25, 0.3) is 0 Å². The van der Waals surface area contributed by atoms with Gasteiger partial charge in [-0.15, -0.1) is 6.58 Å². The highest BCUT2D eigenvalue weighted by Crippen LogP contribution is 2.35. The molecule has 0 aliphatic carbocycles. The van der Waals surface area contributed by atoms with Gasteiger partial charge in [-0.1, -0.05) is 159 Å². The van der Waals surface area contributed by atoms with E-state index >= 15 is 0 Å². The second-order valence-corrected chi connectivity index (χ2v) is 17.3. The fourth-order valence-corrected chi connectivity index (χ4v) is 5.31. The summed E-state index contributed by atoms with van der Waals surface area (Å²) in [5, 5.41) is 0. The van der Waals surface area contributed by atoms with Gasteiger partial charge in [0, 0.05) is 0 Å². The van der Waals surface area contributed by atoms with E-state index in [9.17, 15) is 0 Å². The van der Waals surface area contributed by atoms with Gasteiger partial charge in [0.2, 0.25) is 0 Å². The fourth-order valence-electron chi connectivity index (χ4n) is 5.31. The topological polar surface area (TPSA) is 0 Å². The molecule has 0 rings (SSSR count). The van der Waals surface area contributed by atoms with E-state index < -0.39 is 0 Å². The summed E-state index contributed by atoms with van der Waals surface area (Å²) in [5.41, 5.74) is 4.77. The average molecular weight is 617 g/mol. The SMILES string of the molecule is C/C(=C/CC(C)C)CC(C)C.C/C(=C\CC(C)C)CC(C)C.C=C(C)C(CC(C)C)C(C)C.C=CC(C)(CC(C)C)C(C)C. The quantitative estimate of drug-likeness (QED) is 0.151. The van der Waals surface area contributed by atoms with Crippen LogP contribution < -0.4 is 0 Å². The van der Waals surface area contributed by atoms with Crippen molar-refractivity contribution in [1.82, 2.24) is 0 Å². The smallest absolute Gasteiger partial charge is 0.0124 e. The van der Waals surface area contributed by atoms with Gasteiger partial charge in [-0.3, -0.25) is 0 Å². The molecule has 0 saturated carbocycles. The van der Waals surface area contributed by atoms with Crippen LogP contribution in [0.3, 0.4) is 0 Å². The lowest BCUT2D eigenvalue weighted by molar-refractivity contribution is 0.241. The van der Waals surface area contributed by atoms with E-state index in [0.29, 0.717) is 11.3 Å². The Bertz CT molecular complexity index is 702. The van der Waals surface area contributed by atoms with Crippen LogP contribution in [0.2, 0.25) is 0 Å². The van der Waals surface area contributed by atoms with Gasteiger partial charge in [0.1, 0.15) is 0 Å². The van der Waals surface area contributed by atoms with Crippen LogP contribution in [0.4, 0.5) is 0 Å². The average Bonchev–Trinajstić information content (AvgIpc) is 2.84. The maximum absolute atomic E-state index is 4.03. The minimum atomic E-state index is 0.328. The summed E-state index contributed by atoms with van der Waals surface area (Å²) in [6.45, 7) is 53.2. The molecule has 0 radical (unpaired) electrons. The van der Waals surface area contributed by atoms with Crippen molar-refractivity contribution in [1.29, 1.82) is 0 Å². The first-order valence-electron chi connectivity index (χ1n) is 18.5. The molecule has 0 aromatic carbocycles. The molecule has 0 saturated heterocycles. The lowest BCUT2D eigenvalue weighted by atomic mass is 9.73. The van der Waals surface area contributed by atoms with Gasteiger partial charge < -0.3 is 0 Å². The normalized spacial score (nSPS) is 14.4. The Labute approximate surface area is 283 Å². The van der Waals surface area contributed by atoms with Crippen molar-refractivity contribution in [3.05, 3.63) is 48.1 Å². The lowest BCUT2D eigenvalue weighted by Gasteiger charge is -2.32. The monoisotopic (exact) mass is 617 g/mol. The molecule has 0 aliphatic heterocycles. The molecule has 2 atom stereocenters. The summed E-state index contributed by atoms with van der Waals surface area (Å²) in [6.07, 6.45) is 14.4. The molecule has 0 bridgehead atoms. The van der Waals surface area contributed by atoms with Crippen LogP contribution in [0, 0.1) is 58.7 Å². The highest BCUT2D eigenvalue weighted by Gasteiger charge is 2.25. The molecule has 0 nitrogen and oxygen atoms in total. The maximum Gasteiger partial charge on any atom is -0.0124 e. The van der Waals surface area contributed by atoms with Gasteiger partial charge in [0.25, 0.3) is 0 Å². The molecule has 0 amide bonds. The maximum atomic E-state index is 4.03. The molecule has 0 spiro atoms. The van der Waals surface area contributed by atoms with E-state index in [4.69, 9.17) is 0 Å². The van der Waals surface area contributed by atoms with Crippen LogP contribution in [-0.4, -0.2) is 0 Å². The van der Waals surface area contributed by atoms with Crippen molar-refractivity contribution in [2.75, 3.05) is 0 Å². The van der Waals surface area contributed by atoms with Crippen LogP contribution >= 0.6 is 0 Å². The van der Waals surface area contributed by atoms with Crippen molar-refractivity contribution in [3.63, 3.8) is 0 Å². The molecule has 44 heavy (non-hydrogen) atoms. The van der Waals surface area contributed by atoms with Gasteiger partial charge in [-0.2, -0.15) is 0 Å². The highest BCUT2D eigenvalue weighted by atomic mass is 14.3. The summed E-state index contributed by atoms with van der Waals surface area (Å²) < 4.78 is 0. The lowest BCUT2D eigenvalue weighted by Crippen LogP contribution is -2.22. The van der Waals surface area contributed by atoms with E-state index in [1.165, 1.54) is 44.1 Å². The largest absolute Gasteiger partial charge is 0.103 e. The van der Waals surface area contributed by atoms with E-state index in [2.05, 4.69) is 170 Å². The third kappa shape index (κ3) is 35.4. The van der Waals surface area contributed by atoms with E-state index in [1.807, 2.05) is 0 Å². The summed E-state index contributed by atoms with van der Waals surface area (Å²) >= 11 is 0. The first-order valence-corrected chi connectivity index (χ1v) is 18.5. The second-order valence-electron chi connectivity index (χ2n) is 17.3. The Morgan fingerprint density at radius 3 is 1.07 bits per heavy atom. The number of rotatable bonds is 16. The standard InChI is InChI=1S/4C11H22/c1-8(2)7-11(9(3)4)10(5)6;2*1-9(2)6-7-11(5)8-10(3)4;1-7-11(6,10(4)5)8-9(2)3/h8,10-11H,3,7H2,1-2,4-6H3;2*7,9-10H,6,8H2,1-5H3;7,9-10H,1,8H2,2-6H3/b;11-7+;11-7-;. The van der Waals surface area contributed by atoms with Crippen molar-refractivity contribution in [2.24, 2.45) is 58.7 Å². The molecule has 0 N–H and O–H groups in total. The van der Waals surface area contributed by atoms with Crippen LogP contribution in [0.5, 0.6) is 0 Å². The minimum Gasteiger partial charge on any atom is -0.103 e. The van der Waals surface area contributed by atoms with Crippen molar-refractivity contribution >= 4 is 0 Å². The molecule has 2 unspecified atom stereocenters. The number of allylic oxidation sites excluding steroid dienone is 6. The molecule has 0 aliphatic rings. The first-order chi connectivity index (χ1) is 19.9. The summed E-state index contributed by atoms with van der Waals surface area (Å²) in [4.78, 5) is 0. The molecule has 0 aromatic heterocycles.